The number of aromatic nitrogens is 1. The van der Waals surface area contributed by atoms with E-state index in [2.05, 4.69) is 15.3 Å². The predicted octanol–water partition coefficient (Wildman–Crippen LogP) is 3.99. The van der Waals surface area contributed by atoms with Crippen LogP contribution in [0.5, 0.6) is 0 Å². The molecule has 136 valence electrons. The molecule has 0 radical (unpaired) electrons. The fraction of sp³-hybridized carbons (Fsp3) is 0.412. The van der Waals surface area contributed by atoms with E-state index in [1.54, 1.807) is 18.4 Å². The first-order valence-electron chi connectivity index (χ1n) is 7.71. The van der Waals surface area contributed by atoms with Crippen molar-refractivity contribution in [2.75, 3.05) is 14.1 Å². The van der Waals surface area contributed by atoms with Crippen LogP contribution in [0, 0.1) is 13.8 Å². The third kappa shape index (κ3) is 5.19. The molecule has 1 aromatic heterocycles. The van der Waals surface area contributed by atoms with Crippen molar-refractivity contribution in [2.45, 2.75) is 33.1 Å². The molecular formula is C17H21F3N4S. The molecular weight excluding hydrogens is 349 g/mol. The van der Waals surface area contributed by atoms with Crippen LogP contribution in [0.2, 0.25) is 0 Å². The van der Waals surface area contributed by atoms with Crippen LogP contribution in [0.1, 0.15) is 26.7 Å². The Balaban J connectivity index is 1.98. The number of benzene rings is 1. The average molecular weight is 370 g/mol. The molecule has 4 nitrogen and oxygen atoms in total. The van der Waals surface area contributed by atoms with Gasteiger partial charge in [0.2, 0.25) is 0 Å². The molecule has 1 heterocycles. The zero-order chi connectivity index (χ0) is 18.6. The summed E-state index contributed by atoms with van der Waals surface area (Å²) in [5.41, 5.74) is 1.14. The summed E-state index contributed by atoms with van der Waals surface area (Å²) in [4.78, 5) is 11.6. The molecule has 0 saturated heterocycles. The monoisotopic (exact) mass is 370 g/mol. The van der Waals surface area contributed by atoms with Crippen LogP contribution in [0.4, 0.5) is 13.2 Å². The molecule has 0 aliphatic rings. The number of alkyl halides is 3. The van der Waals surface area contributed by atoms with Gasteiger partial charge in [-0.1, -0.05) is 12.1 Å². The average Bonchev–Trinajstić information content (AvgIpc) is 2.85. The molecule has 0 spiro atoms. The van der Waals surface area contributed by atoms with Crippen LogP contribution >= 0.6 is 11.3 Å². The molecule has 8 heteroatoms. The van der Waals surface area contributed by atoms with Gasteiger partial charge in [0.05, 0.1) is 22.8 Å². The number of aryl methyl sites for hydroxylation is 2. The van der Waals surface area contributed by atoms with E-state index in [1.165, 1.54) is 12.1 Å². The van der Waals surface area contributed by atoms with Crippen molar-refractivity contribution in [3.63, 3.8) is 0 Å². The lowest BCUT2D eigenvalue weighted by Crippen LogP contribution is -2.38. The van der Waals surface area contributed by atoms with E-state index in [1.807, 2.05) is 25.8 Å². The van der Waals surface area contributed by atoms with Gasteiger partial charge < -0.3 is 10.2 Å². The molecule has 2 aromatic rings. The van der Waals surface area contributed by atoms with Crippen LogP contribution in [-0.2, 0) is 19.3 Å². The predicted molar refractivity (Wildman–Crippen MR) is 94.7 cm³/mol. The maximum atomic E-state index is 12.6. The van der Waals surface area contributed by atoms with Crippen molar-refractivity contribution in [2.24, 2.45) is 4.99 Å². The van der Waals surface area contributed by atoms with E-state index < -0.39 is 11.7 Å². The fourth-order valence-electron chi connectivity index (χ4n) is 2.43. The van der Waals surface area contributed by atoms with Crippen LogP contribution in [0.3, 0.4) is 0 Å². The first-order chi connectivity index (χ1) is 11.7. The molecule has 0 saturated carbocycles. The lowest BCUT2D eigenvalue weighted by molar-refractivity contribution is -0.137. The summed E-state index contributed by atoms with van der Waals surface area (Å²) in [5.74, 6) is 0.672. The Morgan fingerprint density at radius 1 is 1.24 bits per heavy atom. The van der Waals surface area contributed by atoms with E-state index >= 15 is 0 Å². The Morgan fingerprint density at radius 3 is 2.36 bits per heavy atom. The summed E-state index contributed by atoms with van der Waals surface area (Å²) >= 11 is 1.63. The molecule has 0 aliphatic carbocycles. The van der Waals surface area contributed by atoms with Gasteiger partial charge in [-0.3, -0.25) is 4.99 Å². The Bertz CT molecular complexity index is 735. The minimum absolute atomic E-state index is 0.457. The highest BCUT2D eigenvalue weighted by atomic mass is 32.1. The Hall–Kier alpha value is -2.09. The van der Waals surface area contributed by atoms with Crippen LogP contribution in [0.25, 0.3) is 0 Å². The molecule has 1 aromatic carbocycles. The summed E-state index contributed by atoms with van der Waals surface area (Å²) < 4.78 is 37.9. The largest absolute Gasteiger partial charge is 0.416 e. The van der Waals surface area contributed by atoms with Crippen molar-refractivity contribution < 1.29 is 13.2 Å². The zero-order valence-electron chi connectivity index (χ0n) is 14.6. The summed E-state index contributed by atoms with van der Waals surface area (Å²) in [6, 6.07) is 5.18. The van der Waals surface area contributed by atoms with Crippen LogP contribution in [0.15, 0.2) is 29.3 Å². The highest BCUT2D eigenvalue weighted by Gasteiger charge is 2.29. The zero-order valence-corrected chi connectivity index (χ0v) is 15.4. The standard InChI is InChI=1S/C17H21F3N4S/c1-11-15(25-12(2)23-11)9-22-16(21-3)24(4)10-13-5-7-14(8-6-13)17(18,19)20/h5-8H,9-10H2,1-4H3,(H,21,22). The molecule has 0 amide bonds. The number of hydrogen-bond acceptors (Lipinski definition) is 3. The number of aliphatic imine (C=N–C) groups is 1. The van der Waals surface area contributed by atoms with Crippen molar-refractivity contribution >= 4 is 17.3 Å². The van der Waals surface area contributed by atoms with Crippen molar-refractivity contribution in [3.8, 4) is 0 Å². The first kappa shape index (κ1) is 19.2. The number of nitrogens with zero attached hydrogens (tertiary/aromatic N) is 3. The molecule has 1 N–H and O–H groups in total. The molecule has 0 unspecified atom stereocenters. The van der Waals surface area contributed by atoms with Crippen LogP contribution in [-0.4, -0.2) is 29.9 Å². The molecule has 0 bridgehead atoms. The van der Waals surface area contributed by atoms with Gasteiger partial charge in [-0.2, -0.15) is 13.2 Å². The summed E-state index contributed by atoms with van der Waals surface area (Å²) in [6.07, 6.45) is -4.31. The third-order valence-corrected chi connectivity index (χ3v) is 4.75. The number of guanidine groups is 1. The number of rotatable bonds is 4. The molecule has 0 atom stereocenters. The second-order valence-electron chi connectivity index (χ2n) is 5.69. The summed E-state index contributed by atoms with van der Waals surface area (Å²) in [7, 11) is 3.52. The fourth-order valence-corrected chi connectivity index (χ4v) is 3.31. The summed E-state index contributed by atoms with van der Waals surface area (Å²) in [5, 5.41) is 4.28. The SMILES string of the molecule is CN=C(NCc1sc(C)nc1C)N(C)Cc1ccc(C(F)(F)F)cc1. The topological polar surface area (TPSA) is 40.5 Å². The van der Waals surface area contributed by atoms with E-state index in [0.717, 1.165) is 33.3 Å². The highest BCUT2D eigenvalue weighted by Crippen LogP contribution is 2.29. The van der Waals surface area contributed by atoms with Crippen molar-refractivity contribution in [3.05, 3.63) is 51.0 Å². The number of halogens is 3. The molecule has 2 rings (SSSR count). The van der Waals surface area contributed by atoms with E-state index in [-0.39, 0.29) is 0 Å². The van der Waals surface area contributed by atoms with Gasteiger partial charge in [0.25, 0.3) is 0 Å². The Kier molecular flexibility index (Phi) is 6.05. The maximum absolute atomic E-state index is 12.6. The Labute approximate surface area is 149 Å². The van der Waals surface area contributed by atoms with Gasteiger partial charge in [-0.05, 0) is 31.5 Å². The van der Waals surface area contributed by atoms with Crippen molar-refractivity contribution in [1.82, 2.24) is 15.2 Å². The Morgan fingerprint density at radius 2 is 1.88 bits per heavy atom. The smallest absolute Gasteiger partial charge is 0.351 e. The number of nitrogens with one attached hydrogen (secondary N) is 1. The van der Waals surface area contributed by atoms with Gasteiger partial charge in [0.1, 0.15) is 0 Å². The van der Waals surface area contributed by atoms with E-state index in [0.29, 0.717) is 19.0 Å². The van der Waals surface area contributed by atoms with Gasteiger partial charge in [0.15, 0.2) is 5.96 Å². The molecule has 25 heavy (non-hydrogen) atoms. The molecule has 0 aliphatic heterocycles. The second-order valence-corrected chi connectivity index (χ2v) is 6.98. The maximum Gasteiger partial charge on any atom is 0.416 e. The normalized spacial score (nSPS) is 12.4. The minimum Gasteiger partial charge on any atom is -0.351 e. The van der Waals surface area contributed by atoms with Gasteiger partial charge >= 0.3 is 6.18 Å². The lowest BCUT2D eigenvalue weighted by Gasteiger charge is -2.22. The second kappa shape index (κ2) is 7.86. The van der Waals surface area contributed by atoms with Crippen molar-refractivity contribution in [1.29, 1.82) is 0 Å². The van der Waals surface area contributed by atoms with Gasteiger partial charge in [-0.25, -0.2) is 4.98 Å². The number of hydrogen-bond donors (Lipinski definition) is 1. The van der Waals surface area contributed by atoms with Crippen LogP contribution < -0.4 is 5.32 Å². The van der Waals surface area contributed by atoms with E-state index in [9.17, 15) is 13.2 Å². The summed E-state index contributed by atoms with van der Waals surface area (Å²) in [6.45, 7) is 5.00. The minimum atomic E-state index is -4.31. The lowest BCUT2D eigenvalue weighted by atomic mass is 10.1. The first-order valence-corrected chi connectivity index (χ1v) is 8.53. The number of thiazole rings is 1. The molecule has 0 fully saturated rings. The van der Waals surface area contributed by atoms with Gasteiger partial charge in [-0.15, -0.1) is 11.3 Å². The van der Waals surface area contributed by atoms with Gasteiger partial charge in [0, 0.05) is 25.5 Å². The van der Waals surface area contributed by atoms with E-state index in [4.69, 9.17) is 0 Å². The highest BCUT2D eigenvalue weighted by molar-refractivity contribution is 7.11. The quantitative estimate of drug-likeness (QED) is 0.654. The third-order valence-electron chi connectivity index (χ3n) is 3.68.